The minimum atomic E-state index is -3.68. The minimum Gasteiger partial charge on any atom is -0.261 e. The fourth-order valence-electron chi connectivity index (χ4n) is 4.09. The molecule has 0 saturated heterocycles. The Morgan fingerprint density at radius 3 is 2.06 bits per heavy atom. The number of aromatic nitrogens is 1. The lowest BCUT2D eigenvalue weighted by Gasteiger charge is -2.25. The SMILES string of the molecule is Cc1cc(C)c(S(=O)(=O)N(CCc2ccccn2)Cc2ccc(C(C)(C)C)cc2)c(C)c1. The molecule has 0 bridgehead atoms. The lowest BCUT2D eigenvalue weighted by Crippen LogP contribution is -2.33. The van der Waals surface area contributed by atoms with E-state index in [0.717, 1.165) is 27.9 Å². The van der Waals surface area contributed by atoms with E-state index in [1.54, 1.807) is 10.5 Å². The maximum atomic E-state index is 13.8. The minimum absolute atomic E-state index is 0.0550. The van der Waals surface area contributed by atoms with Gasteiger partial charge >= 0.3 is 0 Å². The molecule has 1 heterocycles. The molecule has 0 aliphatic carbocycles. The second-order valence-electron chi connectivity index (χ2n) is 9.58. The number of aryl methyl sites for hydroxylation is 3. The van der Waals surface area contributed by atoms with Gasteiger partial charge in [0, 0.05) is 31.4 Å². The van der Waals surface area contributed by atoms with Gasteiger partial charge in [0.1, 0.15) is 0 Å². The third-order valence-corrected chi connectivity index (χ3v) is 7.88. The fourth-order valence-corrected chi connectivity index (χ4v) is 5.93. The van der Waals surface area contributed by atoms with Crippen LogP contribution in [-0.4, -0.2) is 24.3 Å². The van der Waals surface area contributed by atoms with Crippen LogP contribution < -0.4 is 0 Å². The Hall–Kier alpha value is -2.50. The average Bonchev–Trinajstić information content (AvgIpc) is 2.70. The summed E-state index contributed by atoms with van der Waals surface area (Å²) in [5.74, 6) is 0. The van der Waals surface area contributed by atoms with Crippen molar-refractivity contribution < 1.29 is 8.42 Å². The number of benzene rings is 2. The van der Waals surface area contributed by atoms with Gasteiger partial charge in [-0.3, -0.25) is 4.98 Å². The van der Waals surface area contributed by atoms with Crippen LogP contribution in [0.3, 0.4) is 0 Å². The van der Waals surface area contributed by atoms with Crippen LogP contribution in [0.25, 0.3) is 0 Å². The largest absolute Gasteiger partial charge is 0.261 e. The van der Waals surface area contributed by atoms with Crippen molar-refractivity contribution >= 4 is 10.0 Å². The number of nitrogens with zero attached hydrogens (tertiary/aromatic N) is 2. The van der Waals surface area contributed by atoms with Crippen LogP contribution >= 0.6 is 0 Å². The van der Waals surface area contributed by atoms with E-state index < -0.39 is 10.0 Å². The van der Waals surface area contributed by atoms with E-state index in [0.29, 0.717) is 24.4 Å². The Balaban J connectivity index is 1.96. The fraction of sp³-hybridized carbons (Fsp3) is 0.370. The molecule has 0 aliphatic heterocycles. The third kappa shape index (κ3) is 5.64. The van der Waals surface area contributed by atoms with Gasteiger partial charge in [-0.05, 0) is 60.6 Å². The zero-order valence-corrected chi connectivity index (χ0v) is 20.8. The molecule has 0 fully saturated rings. The molecule has 2 aromatic carbocycles. The Morgan fingerprint density at radius 1 is 0.906 bits per heavy atom. The molecule has 0 saturated carbocycles. The highest BCUT2D eigenvalue weighted by atomic mass is 32.2. The van der Waals surface area contributed by atoms with E-state index in [1.807, 2.05) is 63.2 Å². The predicted octanol–water partition coefficient (Wildman–Crippen LogP) is 5.74. The van der Waals surface area contributed by atoms with Gasteiger partial charge < -0.3 is 0 Å². The summed E-state index contributed by atoms with van der Waals surface area (Å²) in [6.45, 7) is 13.0. The van der Waals surface area contributed by atoms with Crippen molar-refractivity contribution in [3.63, 3.8) is 0 Å². The molecule has 0 amide bonds. The molecular weight excluding hydrogens is 416 g/mol. The standard InChI is InChI=1S/C27H34N2O2S/c1-20-17-21(2)26(22(3)18-20)32(30,31)29(16-14-25-9-7-8-15-28-25)19-23-10-12-24(13-11-23)27(4,5)6/h7-13,15,17-18H,14,16,19H2,1-6H3. The summed E-state index contributed by atoms with van der Waals surface area (Å²) < 4.78 is 29.3. The normalized spacial score (nSPS) is 12.3. The Labute approximate surface area is 193 Å². The van der Waals surface area contributed by atoms with E-state index >= 15 is 0 Å². The van der Waals surface area contributed by atoms with E-state index in [-0.39, 0.29) is 5.41 Å². The topological polar surface area (TPSA) is 50.3 Å². The van der Waals surface area contributed by atoms with Crippen molar-refractivity contribution in [2.75, 3.05) is 6.54 Å². The highest BCUT2D eigenvalue weighted by Gasteiger charge is 2.28. The van der Waals surface area contributed by atoms with Crippen LogP contribution in [0.1, 0.15) is 54.3 Å². The van der Waals surface area contributed by atoms with Crippen molar-refractivity contribution in [3.8, 4) is 0 Å². The summed E-state index contributed by atoms with van der Waals surface area (Å²) in [4.78, 5) is 4.79. The molecule has 5 heteroatoms. The summed E-state index contributed by atoms with van der Waals surface area (Å²) in [7, 11) is -3.68. The highest BCUT2D eigenvalue weighted by molar-refractivity contribution is 7.89. The lowest BCUT2D eigenvalue weighted by atomic mass is 9.87. The van der Waals surface area contributed by atoms with Gasteiger partial charge in [-0.25, -0.2) is 8.42 Å². The van der Waals surface area contributed by atoms with Crippen molar-refractivity contribution in [1.29, 1.82) is 0 Å². The summed E-state index contributed by atoms with van der Waals surface area (Å²) in [6.07, 6.45) is 2.30. The molecule has 0 radical (unpaired) electrons. The van der Waals surface area contributed by atoms with Crippen molar-refractivity contribution in [1.82, 2.24) is 9.29 Å². The zero-order chi connectivity index (χ0) is 23.5. The van der Waals surface area contributed by atoms with Crippen LogP contribution in [0.5, 0.6) is 0 Å². The van der Waals surface area contributed by atoms with E-state index in [1.165, 1.54) is 5.56 Å². The van der Waals surface area contributed by atoms with Crippen molar-refractivity contribution in [2.45, 2.75) is 64.8 Å². The average molecular weight is 451 g/mol. The van der Waals surface area contributed by atoms with Gasteiger partial charge in [-0.2, -0.15) is 4.31 Å². The Kier molecular flexibility index (Phi) is 7.21. The van der Waals surface area contributed by atoms with Gasteiger partial charge in [0.15, 0.2) is 0 Å². The number of pyridine rings is 1. The van der Waals surface area contributed by atoms with Gasteiger partial charge in [0.2, 0.25) is 10.0 Å². The summed E-state index contributed by atoms with van der Waals surface area (Å²) in [6, 6.07) is 17.9. The molecule has 1 aromatic heterocycles. The van der Waals surface area contributed by atoms with Crippen LogP contribution in [0.15, 0.2) is 65.7 Å². The Morgan fingerprint density at radius 2 is 1.53 bits per heavy atom. The third-order valence-electron chi connectivity index (χ3n) is 5.72. The molecular formula is C27H34N2O2S. The molecule has 170 valence electrons. The molecule has 4 nitrogen and oxygen atoms in total. The van der Waals surface area contributed by atoms with Crippen molar-refractivity contribution in [2.24, 2.45) is 0 Å². The maximum Gasteiger partial charge on any atom is 0.243 e. The van der Waals surface area contributed by atoms with Gasteiger partial charge in [0.05, 0.1) is 4.90 Å². The lowest BCUT2D eigenvalue weighted by molar-refractivity contribution is 0.407. The van der Waals surface area contributed by atoms with Crippen LogP contribution in [0, 0.1) is 20.8 Å². The molecule has 0 aliphatic rings. The highest BCUT2D eigenvalue weighted by Crippen LogP contribution is 2.28. The molecule has 3 aromatic rings. The first-order chi connectivity index (χ1) is 15.0. The van der Waals surface area contributed by atoms with E-state index in [9.17, 15) is 8.42 Å². The molecule has 0 spiro atoms. The molecule has 3 rings (SSSR count). The summed E-state index contributed by atoms with van der Waals surface area (Å²) in [5.41, 5.74) is 5.78. The van der Waals surface area contributed by atoms with Crippen LogP contribution in [-0.2, 0) is 28.4 Å². The second-order valence-corrected chi connectivity index (χ2v) is 11.5. The quantitative estimate of drug-likeness (QED) is 0.461. The predicted molar refractivity (Wildman–Crippen MR) is 131 cm³/mol. The summed E-state index contributed by atoms with van der Waals surface area (Å²) in [5, 5.41) is 0. The van der Waals surface area contributed by atoms with Gasteiger partial charge in [-0.15, -0.1) is 0 Å². The second kappa shape index (κ2) is 9.55. The number of rotatable bonds is 7. The zero-order valence-electron chi connectivity index (χ0n) is 20.0. The van der Waals surface area contributed by atoms with Gasteiger partial charge in [0.25, 0.3) is 0 Å². The van der Waals surface area contributed by atoms with E-state index in [2.05, 4.69) is 37.9 Å². The molecule has 32 heavy (non-hydrogen) atoms. The molecule has 0 unspecified atom stereocenters. The number of hydrogen-bond acceptors (Lipinski definition) is 3. The maximum absolute atomic E-state index is 13.8. The monoisotopic (exact) mass is 450 g/mol. The smallest absolute Gasteiger partial charge is 0.243 e. The first-order valence-electron chi connectivity index (χ1n) is 11.1. The number of sulfonamides is 1. The summed E-state index contributed by atoms with van der Waals surface area (Å²) >= 11 is 0. The Bertz CT molecular complexity index is 1140. The number of hydrogen-bond donors (Lipinski definition) is 0. The first kappa shape index (κ1) is 24.1. The molecule has 0 N–H and O–H groups in total. The van der Waals surface area contributed by atoms with Gasteiger partial charge in [-0.1, -0.05) is 68.8 Å². The molecule has 0 atom stereocenters. The van der Waals surface area contributed by atoms with Crippen molar-refractivity contribution in [3.05, 3.63) is 94.3 Å². The van der Waals surface area contributed by atoms with Crippen LogP contribution in [0.4, 0.5) is 0 Å². The van der Waals surface area contributed by atoms with Crippen LogP contribution in [0.2, 0.25) is 0 Å². The van der Waals surface area contributed by atoms with E-state index in [4.69, 9.17) is 0 Å². The first-order valence-corrected chi connectivity index (χ1v) is 12.5.